The van der Waals surface area contributed by atoms with Crippen molar-refractivity contribution in [2.45, 2.75) is 55.4 Å². The molecule has 0 spiro atoms. The number of nitrogens with one attached hydrogen (secondary N) is 2. The molecule has 1 aromatic rings. The lowest BCUT2D eigenvalue weighted by molar-refractivity contribution is -0.126. The molecular weight excluding hydrogens is 372 g/mol. The Balaban J connectivity index is 1.31. The monoisotopic (exact) mass is 396 g/mol. The van der Waals surface area contributed by atoms with E-state index in [-0.39, 0.29) is 29.3 Å². The summed E-state index contributed by atoms with van der Waals surface area (Å²) in [5, 5.41) is 3.63. The Bertz CT molecular complexity index is 773. The molecule has 1 amide bonds. The van der Waals surface area contributed by atoms with Crippen molar-refractivity contribution in [1.29, 1.82) is 0 Å². The Kier molecular flexibility index (Phi) is 4.78. The first-order chi connectivity index (χ1) is 12.3. The summed E-state index contributed by atoms with van der Waals surface area (Å²) in [4.78, 5) is 12.6. The second-order valence-corrected chi connectivity index (χ2v) is 10.6. The van der Waals surface area contributed by atoms with Gasteiger partial charge in [0.05, 0.1) is 4.90 Å². The number of benzene rings is 1. The van der Waals surface area contributed by atoms with Gasteiger partial charge in [-0.2, -0.15) is 0 Å². The van der Waals surface area contributed by atoms with E-state index in [0.29, 0.717) is 5.02 Å². The van der Waals surface area contributed by atoms with Crippen LogP contribution in [-0.2, 0) is 14.8 Å². The molecule has 0 unspecified atom stereocenters. The van der Waals surface area contributed by atoms with Crippen molar-refractivity contribution in [3.05, 3.63) is 29.3 Å². The van der Waals surface area contributed by atoms with Crippen LogP contribution in [0.2, 0.25) is 5.02 Å². The zero-order valence-corrected chi connectivity index (χ0v) is 16.3. The number of sulfonamides is 1. The number of rotatable bonds is 6. The zero-order valence-electron chi connectivity index (χ0n) is 14.7. The van der Waals surface area contributed by atoms with Crippen LogP contribution in [0.4, 0.5) is 0 Å². The van der Waals surface area contributed by atoms with Crippen LogP contribution in [0, 0.1) is 17.8 Å². The van der Waals surface area contributed by atoms with E-state index >= 15 is 0 Å². The molecule has 1 aromatic carbocycles. The molecular formula is C19H25ClN2O3S. The molecule has 7 heteroatoms. The van der Waals surface area contributed by atoms with Gasteiger partial charge in [0.2, 0.25) is 15.9 Å². The van der Waals surface area contributed by atoms with E-state index in [1.54, 1.807) is 12.1 Å². The lowest BCUT2D eigenvalue weighted by Gasteiger charge is -2.56. The van der Waals surface area contributed by atoms with Crippen molar-refractivity contribution in [2.24, 2.45) is 17.8 Å². The van der Waals surface area contributed by atoms with Crippen molar-refractivity contribution in [2.75, 3.05) is 6.54 Å². The van der Waals surface area contributed by atoms with E-state index in [0.717, 1.165) is 37.0 Å². The second kappa shape index (κ2) is 6.80. The van der Waals surface area contributed by atoms with Gasteiger partial charge in [0.25, 0.3) is 0 Å². The van der Waals surface area contributed by atoms with E-state index < -0.39 is 10.0 Å². The lowest BCUT2D eigenvalue weighted by atomic mass is 9.53. The zero-order chi connectivity index (χ0) is 18.4. The van der Waals surface area contributed by atoms with Gasteiger partial charge in [-0.3, -0.25) is 4.79 Å². The van der Waals surface area contributed by atoms with Crippen molar-refractivity contribution in [1.82, 2.24) is 10.0 Å². The minimum atomic E-state index is -3.65. The Morgan fingerprint density at radius 1 is 1.12 bits per heavy atom. The molecule has 2 N–H and O–H groups in total. The average molecular weight is 397 g/mol. The SMILES string of the molecule is O=C(CCNS(=O)(=O)c1cccc(Cl)c1)NC12CC3CC(CC(C3)C1)C2. The lowest BCUT2D eigenvalue weighted by Crippen LogP contribution is -2.60. The third-order valence-electron chi connectivity index (χ3n) is 6.19. The number of hydrogen-bond donors (Lipinski definition) is 2. The fourth-order valence-corrected chi connectivity index (χ4v) is 6.97. The number of amides is 1. The van der Waals surface area contributed by atoms with Gasteiger partial charge in [-0.25, -0.2) is 13.1 Å². The van der Waals surface area contributed by atoms with Crippen LogP contribution in [0.15, 0.2) is 29.2 Å². The summed E-state index contributed by atoms with van der Waals surface area (Å²) in [5.41, 5.74) is -0.0301. The first kappa shape index (κ1) is 18.3. The van der Waals surface area contributed by atoms with Gasteiger partial charge in [-0.15, -0.1) is 0 Å². The minimum Gasteiger partial charge on any atom is -0.351 e. The summed E-state index contributed by atoms with van der Waals surface area (Å²) >= 11 is 5.85. The van der Waals surface area contributed by atoms with Gasteiger partial charge >= 0.3 is 0 Å². The van der Waals surface area contributed by atoms with E-state index in [4.69, 9.17) is 11.6 Å². The molecule has 142 valence electrons. The Morgan fingerprint density at radius 2 is 1.73 bits per heavy atom. The van der Waals surface area contributed by atoms with Crippen molar-refractivity contribution in [3.63, 3.8) is 0 Å². The molecule has 4 fully saturated rings. The standard InChI is InChI=1S/C19H25ClN2O3S/c20-16-2-1-3-17(9-16)26(24,25)21-5-4-18(23)22-19-10-13-6-14(11-19)8-15(7-13)12-19/h1-3,9,13-15,21H,4-8,10-12H2,(H,22,23). The smallest absolute Gasteiger partial charge is 0.240 e. The van der Waals surface area contributed by atoms with Crippen LogP contribution >= 0.6 is 11.6 Å². The fourth-order valence-electron chi connectivity index (χ4n) is 5.64. The quantitative estimate of drug-likeness (QED) is 0.775. The molecule has 4 aliphatic rings. The number of carbonyl (C=O) groups is 1. The summed E-state index contributed by atoms with van der Waals surface area (Å²) in [5.74, 6) is 2.24. The minimum absolute atomic E-state index is 0.0301. The molecule has 0 aromatic heterocycles. The van der Waals surface area contributed by atoms with Crippen molar-refractivity contribution >= 4 is 27.5 Å². The highest BCUT2D eigenvalue weighted by Crippen LogP contribution is 2.55. The molecule has 4 aliphatic carbocycles. The molecule has 0 aliphatic heterocycles. The fraction of sp³-hybridized carbons (Fsp3) is 0.632. The Morgan fingerprint density at radius 3 is 2.31 bits per heavy atom. The first-order valence-corrected chi connectivity index (χ1v) is 11.3. The summed E-state index contributed by atoms with van der Waals surface area (Å²) in [6.45, 7) is 0.0903. The normalized spacial score (nSPS) is 32.6. The first-order valence-electron chi connectivity index (χ1n) is 9.40. The second-order valence-electron chi connectivity index (χ2n) is 8.35. The molecule has 0 radical (unpaired) electrons. The van der Waals surface area contributed by atoms with E-state index in [1.165, 1.54) is 31.4 Å². The largest absolute Gasteiger partial charge is 0.351 e. The van der Waals surface area contributed by atoms with E-state index in [9.17, 15) is 13.2 Å². The van der Waals surface area contributed by atoms with E-state index in [2.05, 4.69) is 10.0 Å². The summed E-state index contributed by atoms with van der Waals surface area (Å²) in [6.07, 6.45) is 7.43. The topological polar surface area (TPSA) is 75.3 Å². The number of hydrogen-bond acceptors (Lipinski definition) is 3. The van der Waals surface area contributed by atoms with Crippen LogP contribution in [0.25, 0.3) is 0 Å². The van der Waals surface area contributed by atoms with E-state index in [1.807, 2.05) is 0 Å². The maximum Gasteiger partial charge on any atom is 0.240 e. The predicted octanol–water partition coefficient (Wildman–Crippen LogP) is 3.09. The molecule has 5 nitrogen and oxygen atoms in total. The van der Waals surface area contributed by atoms with Crippen LogP contribution in [0.5, 0.6) is 0 Å². The van der Waals surface area contributed by atoms with Crippen LogP contribution in [0.3, 0.4) is 0 Å². The number of halogens is 1. The summed E-state index contributed by atoms with van der Waals surface area (Å²) in [6, 6.07) is 6.11. The highest BCUT2D eigenvalue weighted by atomic mass is 35.5. The summed E-state index contributed by atoms with van der Waals surface area (Å²) < 4.78 is 27.0. The molecule has 0 atom stereocenters. The summed E-state index contributed by atoms with van der Waals surface area (Å²) in [7, 11) is -3.65. The van der Waals surface area contributed by atoms with Gasteiger partial charge in [-0.05, 0) is 74.5 Å². The van der Waals surface area contributed by atoms with Gasteiger partial charge in [-0.1, -0.05) is 17.7 Å². The highest BCUT2D eigenvalue weighted by Gasteiger charge is 2.51. The Hall–Kier alpha value is -1.11. The number of carbonyl (C=O) groups excluding carboxylic acids is 1. The van der Waals surface area contributed by atoms with Crippen LogP contribution in [0.1, 0.15) is 44.9 Å². The van der Waals surface area contributed by atoms with Gasteiger partial charge in [0.15, 0.2) is 0 Å². The van der Waals surface area contributed by atoms with Crippen LogP contribution < -0.4 is 10.0 Å². The molecule has 26 heavy (non-hydrogen) atoms. The third kappa shape index (κ3) is 3.78. The van der Waals surface area contributed by atoms with Gasteiger partial charge in [0.1, 0.15) is 0 Å². The van der Waals surface area contributed by atoms with Crippen LogP contribution in [-0.4, -0.2) is 26.4 Å². The predicted molar refractivity (Wildman–Crippen MR) is 100 cm³/mol. The molecule has 0 saturated heterocycles. The maximum absolute atomic E-state index is 12.4. The molecule has 4 saturated carbocycles. The van der Waals surface area contributed by atoms with Gasteiger partial charge < -0.3 is 5.32 Å². The Labute approximate surface area is 159 Å². The molecule has 0 heterocycles. The van der Waals surface area contributed by atoms with Gasteiger partial charge in [0, 0.05) is 23.5 Å². The molecule has 5 rings (SSSR count). The maximum atomic E-state index is 12.4. The van der Waals surface area contributed by atoms with Crippen molar-refractivity contribution in [3.8, 4) is 0 Å². The van der Waals surface area contributed by atoms with Crippen molar-refractivity contribution < 1.29 is 13.2 Å². The molecule has 4 bridgehead atoms. The highest BCUT2D eigenvalue weighted by molar-refractivity contribution is 7.89. The average Bonchev–Trinajstić information content (AvgIpc) is 2.52. The third-order valence-corrected chi connectivity index (χ3v) is 7.89.